The molecular formula is C17H20OS2. The summed E-state index contributed by atoms with van der Waals surface area (Å²) in [6.07, 6.45) is 0. The Labute approximate surface area is 129 Å². The molecule has 0 atom stereocenters. The van der Waals surface area contributed by atoms with Gasteiger partial charge in [-0.05, 0) is 74.2 Å². The van der Waals surface area contributed by atoms with E-state index in [2.05, 4.69) is 58.0 Å². The van der Waals surface area contributed by atoms with Crippen LogP contribution in [0.5, 0.6) is 5.75 Å². The van der Waals surface area contributed by atoms with E-state index in [9.17, 15) is 0 Å². The molecule has 2 aromatic carbocycles. The van der Waals surface area contributed by atoms with Crippen LogP contribution >= 0.6 is 21.6 Å². The molecule has 0 aliphatic heterocycles. The summed E-state index contributed by atoms with van der Waals surface area (Å²) in [6.45, 7) is 8.47. The highest BCUT2D eigenvalue weighted by atomic mass is 33.1. The Morgan fingerprint density at radius 1 is 0.700 bits per heavy atom. The van der Waals surface area contributed by atoms with Crippen molar-refractivity contribution in [1.82, 2.24) is 0 Å². The second kappa shape index (κ2) is 6.59. The lowest BCUT2D eigenvalue weighted by Gasteiger charge is -2.11. The van der Waals surface area contributed by atoms with Crippen LogP contribution in [-0.4, -0.2) is 7.11 Å². The van der Waals surface area contributed by atoms with Crippen LogP contribution in [0, 0.1) is 27.7 Å². The normalized spacial score (nSPS) is 10.7. The van der Waals surface area contributed by atoms with Crippen molar-refractivity contribution < 1.29 is 4.74 Å². The number of hydrogen-bond donors (Lipinski definition) is 0. The molecule has 0 saturated carbocycles. The van der Waals surface area contributed by atoms with E-state index in [1.807, 2.05) is 10.8 Å². The fraction of sp³-hybridized carbons (Fsp3) is 0.294. The predicted molar refractivity (Wildman–Crippen MR) is 90.1 cm³/mol. The van der Waals surface area contributed by atoms with Gasteiger partial charge in [-0.25, -0.2) is 0 Å². The average Bonchev–Trinajstić information content (AvgIpc) is 2.35. The molecule has 0 fully saturated rings. The molecule has 0 aliphatic carbocycles. The molecule has 1 nitrogen and oxygen atoms in total. The average molecular weight is 304 g/mol. The van der Waals surface area contributed by atoms with Crippen LogP contribution in [0.25, 0.3) is 0 Å². The molecule has 0 amide bonds. The first-order valence-corrected chi connectivity index (χ1v) is 8.72. The minimum atomic E-state index is 0.991. The second-order valence-corrected chi connectivity index (χ2v) is 7.36. The van der Waals surface area contributed by atoms with E-state index in [1.165, 1.54) is 32.0 Å². The van der Waals surface area contributed by atoms with E-state index >= 15 is 0 Å². The molecule has 0 saturated heterocycles. The van der Waals surface area contributed by atoms with Gasteiger partial charge in [0.1, 0.15) is 5.75 Å². The number of methoxy groups -OCH3 is 1. The van der Waals surface area contributed by atoms with Crippen molar-refractivity contribution in [2.75, 3.05) is 7.11 Å². The van der Waals surface area contributed by atoms with Crippen molar-refractivity contribution in [2.24, 2.45) is 0 Å². The van der Waals surface area contributed by atoms with E-state index in [0.717, 1.165) is 5.75 Å². The number of rotatable bonds is 4. The fourth-order valence-corrected chi connectivity index (χ4v) is 4.62. The van der Waals surface area contributed by atoms with Gasteiger partial charge in [-0.3, -0.25) is 0 Å². The summed E-state index contributed by atoms with van der Waals surface area (Å²) < 4.78 is 5.41. The van der Waals surface area contributed by atoms with Crippen LogP contribution in [0.3, 0.4) is 0 Å². The largest absolute Gasteiger partial charge is 0.496 e. The van der Waals surface area contributed by atoms with Gasteiger partial charge in [0.15, 0.2) is 0 Å². The molecule has 0 aromatic heterocycles. The Hall–Kier alpha value is -1.06. The smallest absolute Gasteiger partial charge is 0.124 e. The first-order chi connectivity index (χ1) is 9.49. The molecule has 2 rings (SSSR count). The monoisotopic (exact) mass is 304 g/mol. The third-order valence-electron chi connectivity index (χ3n) is 3.07. The summed E-state index contributed by atoms with van der Waals surface area (Å²) in [7, 11) is 5.34. The third kappa shape index (κ3) is 3.74. The molecule has 106 valence electrons. The minimum Gasteiger partial charge on any atom is -0.496 e. The fourth-order valence-electron chi connectivity index (χ4n) is 2.36. The first-order valence-electron chi connectivity index (χ1n) is 6.57. The molecule has 0 N–H and O–H groups in total. The van der Waals surface area contributed by atoms with Crippen LogP contribution in [0.1, 0.15) is 22.3 Å². The lowest BCUT2D eigenvalue weighted by atomic mass is 10.1. The predicted octanol–water partition coefficient (Wildman–Crippen LogP) is 5.73. The molecule has 0 aliphatic rings. The van der Waals surface area contributed by atoms with Crippen LogP contribution in [0.15, 0.2) is 40.1 Å². The first kappa shape index (κ1) is 15.3. The number of benzene rings is 2. The van der Waals surface area contributed by atoms with Crippen molar-refractivity contribution in [3.8, 4) is 5.75 Å². The van der Waals surface area contributed by atoms with Gasteiger partial charge in [0.2, 0.25) is 0 Å². The number of hydrogen-bond acceptors (Lipinski definition) is 3. The van der Waals surface area contributed by atoms with Gasteiger partial charge in [-0.1, -0.05) is 27.7 Å². The van der Waals surface area contributed by atoms with Gasteiger partial charge in [0, 0.05) is 9.79 Å². The summed E-state index contributed by atoms with van der Waals surface area (Å²) in [5, 5.41) is 0. The quantitative estimate of drug-likeness (QED) is 0.668. The highest BCUT2D eigenvalue weighted by Crippen LogP contribution is 2.40. The van der Waals surface area contributed by atoms with Crippen LogP contribution in [0.4, 0.5) is 0 Å². The molecule has 20 heavy (non-hydrogen) atoms. The highest BCUT2D eigenvalue weighted by molar-refractivity contribution is 8.76. The lowest BCUT2D eigenvalue weighted by molar-refractivity contribution is 0.408. The molecule has 2 aromatic rings. The van der Waals surface area contributed by atoms with Gasteiger partial charge in [-0.15, -0.1) is 0 Å². The summed E-state index contributed by atoms with van der Waals surface area (Å²) in [5.74, 6) is 0.991. The molecule has 0 bridgehead atoms. The summed E-state index contributed by atoms with van der Waals surface area (Å²) in [4.78, 5) is 2.57. The van der Waals surface area contributed by atoms with Gasteiger partial charge >= 0.3 is 0 Å². The Bertz CT molecular complexity index is 577. The van der Waals surface area contributed by atoms with Crippen LogP contribution < -0.4 is 4.74 Å². The van der Waals surface area contributed by atoms with Gasteiger partial charge in [-0.2, -0.15) is 0 Å². The summed E-state index contributed by atoms with van der Waals surface area (Å²) in [6, 6.07) is 11.0. The van der Waals surface area contributed by atoms with Gasteiger partial charge in [0.05, 0.1) is 7.11 Å². The maximum atomic E-state index is 5.41. The van der Waals surface area contributed by atoms with Crippen molar-refractivity contribution in [3.63, 3.8) is 0 Å². The van der Waals surface area contributed by atoms with Crippen molar-refractivity contribution in [1.29, 1.82) is 0 Å². The van der Waals surface area contributed by atoms with Crippen molar-refractivity contribution in [3.05, 3.63) is 52.6 Å². The standard InChI is InChI=1S/C17H20OS2/c1-11-6-12(2)8-15(7-11)19-20-16-9-13(3)17(18-5)14(4)10-16/h6-10H,1-5H3. The van der Waals surface area contributed by atoms with Crippen LogP contribution in [-0.2, 0) is 0 Å². The summed E-state index contributed by atoms with van der Waals surface area (Å²) >= 11 is 0. The molecular weight excluding hydrogens is 284 g/mol. The number of ether oxygens (including phenoxy) is 1. The topological polar surface area (TPSA) is 9.23 Å². The Kier molecular flexibility index (Phi) is 5.06. The van der Waals surface area contributed by atoms with E-state index in [4.69, 9.17) is 4.74 Å². The van der Waals surface area contributed by atoms with E-state index in [-0.39, 0.29) is 0 Å². The highest BCUT2D eigenvalue weighted by Gasteiger charge is 2.06. The minimum absolute atomic E-state index is 0.991. The zero-order chi connectivity index (χ0) is 14.7. The Morgan fingerprint density at radius 2 is 1.15 bits per heavy atom. The Morgan fingerprint density at radius 3 is 1.60 bits per heavy atom. The molecule has 0 radical (unpaired) electrons. The third-order valence-corrected chi connectivity index (χ3v) is 5.41. The zero-order valence-electron chi connectivity index (χ0n) is 12.6. The van der Waals surface area contributed by atoms with Crippen molar-refractivity contribution in [2.45, 2.75) is 37.5 Å². The maximum Gasteiger partial charge on any atom is 0.124 e. The molecule has 0 heterocycles. The van der Waals surface area contributed by atoms with E-state index < -0.39 is 0 Å². The number of aryl methyl sites for hydroxylation is 4. The SMILES string of the molecule is COc1c(C)cc(SSc2cc(C)cc(C)c2)cc1C. The summed E-state index contributed by atoms with van der Waals surface area (Å²) in [5.41, 5.74) is 5.01. The van der Waals surface area contributed by atoms with Crippen LogP contribution in [0.2, 0.25) is 0 Å². The molecule has 0 unspecified atom stereocenters. The maximum absolute atomic E-state index is 5.41. The second-order valence-electron chi connectivity index (χ2n) is 5.08. The van der Waals surface area contributed by atoms with Gasteiger partial charge in [0.25, 0.3) is 0 Å². The zero-order valence-corrected chi connectivity index (χ0v) is 14.2. The van der Waals surface area contributed by atoms with E-state index in [0.29, 0.717) is 0 Å². The van der Waals surface area contributed by atoms with Gasteiger partial charge < -0.3 is 4.74 Å². The van der Waals surface area contributed by atoms with E-state index in [1.54, 1.807) is 17.9 Å². The molecule has 0 spiro atoms. The molecule has 3 heteroatoms. The van der Waals surface area contributed by atoms with Crippen molar-refractivity contribution >= 4 is 21.6 Å². The Balaban J connectivity index is 2.15. The lowest BCUT2D eigenvalue weighted by Crippen LogP contribution is -1.91.